The summed E-state index contributed by atoms with van der Waals surface area (Å²) >= 11 is 3.51. The number of nitrogens with one attached hydrogen (secondary N) is 1. The first kappa shape index (κ1) is 18.6. The van der Waals surface area contributed by atoms with E-state index in [4.69, 9.17) is 14.2 Å². The predicted molar refractivity (Wildman–Crippen MR) is 97.9 cm³/mol. The van der Waals surface area contributed by atoms with E-state index in [0.717, 1.165) is 12.8 Å². The second-order valence-electron chi connectivity index (χ2n) is 6.16. The highest BCUT2D eigenvalue weighted by Crippen LogP contribution is 2.42. The lowest BCUT2D eigenvalue weighted by molar-refractivity contribution is -0.139. The molecule has 26 heavy (non-hydrogen) atoms. The molecule has 2 heterocycles. The molecule has 140 valence electrons. The molecule has 2 amide bonds. The fourth-order valence-electron chi connectivity index (χ4n) is 2.87. The van der Waals surface area contributed by atoms with Crippen LogP contribution in [-0.4, -0.2) is 37.3 Å². The van der Waals surface area contributed by atoms with E-state index in [2.05, 4.69) is 21.2 Å². The van der Waals surface area contributed by atoms with Crippen molar-refractivity contribution in [1.82, 2.24) is 10.2 Å². The van der Waals surface area contributed by atoms with Gasteiger partial charge >= 0.3 is 12.0 Å². The molecular formula is C18H21BrN2O5. The topological polar surface area (TPSA) is 77.1 Å². The Balaban J connectivity index is 2.00. The zero-order valence-corrected chi connectivity index (χ0v) is 16.5. The molecule has 0 bridgehead atoms. The Morgan fingerprint density at radius 1 is 1.38 bits per heavy atom. The van der Waals surface area contributed by atoms with E-state index in [-0.39, 0.29) is 12.8 Å². The van der Waals surface area contributed by atoms with Crippen LogP contribution in [0.5, 0.6) is 11.5 Å². The highest BCUT2D eigenvalue weighted by molar-refractivity contribution is 9.10. The molecule has 0 saturated heterocycles. The molecular weight excluding hydrogens is 404 g/mol. The van der Waals surface area contributed by atoms with Crippen LogP contribution in [0.2, 0.25) is 0 Å². The standard InChI is InChI=1S/C18H21BrN2O5/c1-4-5-6-24-17(22)15-10(2)21(3)18(23)20-16(15)11-7-13-14(8-12(11)19)26-9-25-13/h7-8,16H,4-6,9H2,1-3H3,(H,20,23)/t16-/m1/s1. The Morgan fingerprint density at radius 3 is 2.77 bits per heavy atom. The van der Waals surface area contributed by atoms with Gasteiger partial charge in [-0.3, -0.25) is 0 Å². The smallest absolute Gasteiger partial charge is 0.338 e. The maximum Gasteiger partial charge on any atom is 0.338 e. The number of urea groups is 1. The number of hydrogen-bond acceptors (Lipinski definition) is 5. The zero-order chi connectivity index (χ0) is 18.8. The van der Waals surface area contributed by atoms with Gasteiger partial charge in [-0.2, -0.15) is 0 Å². The highest BCUT2D eigenvalue weighted by atomic mass is 79.9. The first-order chi connectivity index (χ1) is 12.4. The van der Waals surface area contributed by atoms with Crippen LogP contribution in [0.25, 0.3) is 0 Å². The van der Waals surface area contributed by atoms with Crippen LogP contribution in [0.3, 0.4) is 0 Å². The van der Waals surface area contributed by atoms with Crippen LogP contribution >= 0.6 is 15.9 Å². The van der Waals surface area contributed by atoms with Crippen molar-refractivity contribution in [3.63, 3.8) is 0 Å². The fourth-order valence-corrected chi connectivity index (χ4v) is 3.43. The van der Waals surface area contributed by atoms with Crippen molar-refractivity contribution >= 4 is 27.9 Å². The van der Waals surface area contributed by atoms with Crippen molar-refractivity contribution in [2.75, 3.05) is 20.4 Å². The molecule has 1 aromatic carbocycles. The van der Waals surface area contributed by atoms with E-state index in [1.54, 1.807) is 26.1 Å². The van der Waals surface area contributed by atoms with Crippen molar-refractivity contribution in [2.24, 2.45) is 0 Å². The second-order valence-corrected chi connectivity index (χ2v) is 7.01. The number of esters is 1. The number of carbonyl (C=O) groups is 2. The summed E-state index contributed by atoms with van der Waals surface area (Å²) in [7, 11) is 1.62. The summed E-state index contributed by atoms with van der Waals surface area (Å²) in [6.07, 6.45) is 1.72. The van der Waals surface area contributed by atoms with Crippen LogP contribution in [0, 0.1) is 0 Å². The summed E-state index contributed by atoms with van der Waals surface area (Å²) in [6, 6.07) is 2.62. The van der Waals surface area contributed by atoms with E-state index in [0.29, 0.717) is 39.4 Å². The SMILES string of the molecule is CCCCOC(=O)C1=C(C)N(C)C(=O)N[C@@H]1c1cc2c(cc1Br)OCO2. The molecule has 0 fully saturated rings. The third-order valence-corrected chi connectivity index (χ3v) is 5.19. The van der Waals surface area contributed by atoms with Gasteiger partial charge in [-0.1, -0.05) is 29.3 Å². The molecule has 2 aliphatic rings. The molecule has 0 aliphatic carbocycles. The number of rotatable bonds is 5. The van der Waals surface area contributed by atoms with Gasteiger partial charge in [0.2, 0.25) is 6.79 Å². The Labute approximate surface area is 160 Å². The van der Waals surface area contributed by atoms with Crippen molar-refractivity contribution in [1.29, 1.82) is 0 Å². The Morgan fingerprint density at radius 2 is 2.08 bits per heavy atom. The zero-order valence-electron chi connectivity index (χ0n) is 14.9. The number of fused-ring (bicyclic) bond motifs is 1. The van der Waals surface area contributed by atoms with E-state index >= 15 is 0 Å². The van der Waals surface area contributed by atoms with Crippen molar-refractivity contribution in [3.8, 4) is 11.5 Å². The lowest BCUT2D eigenvalue weighted by Crippen LogP contribution is -2.46. The maximum atomic E-state index is 12.7. The van der Waals surface area contributed by atoms with Crippen LogP contribution in [0.1, 0.15) is 38.3 Å². The molecule has 1 atom stereocenters. The summed E-state index contributed by atoms with van der Waals surface area (Å²) < 4.78 is 16.9. The summed E-state index contributed by atoms with van der Waals surface area (Å²) in [4.78, 5) is 26.5. The summed E-state index contributed by atoms with van der Waals surface area (Å²) in [5.74, 6) is 0.762. The average molecular weight is 425 g/mol. The lowest BCUT2D eigenvalue weighted by atomic mass is 9.94. The minimum atomic E-state index is -0.642. The summed E-state index contributed by atoms with van der Waals surface area (Å²) in [5, 5.41) is 2.87. The highest BCUT2D eigenvalue weighted by Gasteiger charge is 2.36. The number of ether oxygens (including phenoxy) is 3. The van der Waals surface area contributed by atoms with Crippen LogP contribution in [0.15, 0.2) is 27.9 Å². The molecule has 0 spiro atoms. The number of benzene rings is 1. The first-order valence-corrected chi connectivity index (χ1v) is 9.24. The number of unbranched alkanes of at least 4 members (excludes halogenated alkanes) is 1. The third kappa shape index (κ3) is 3.38. The fraction of sp³-hybridized carbons (Fsp3) is 0.444. The molecule has 1 N–H and O–H groups in total. The van der Waals surface area contributed by atoms with Crippen molar-refractivity contribution in [3.05, 3.63) is 33.4 Å². The first-order valence-electron chi connectivity index (χ1n) is 8.45. The molecule has 3 rings (SSSR count). The van der Waals surface area contributed by atoms with E-state index in [9.17, 15) is 9.59 Å². The number of halogens is 1. The molecule has 2 aliphatic heterocycles. The van der Waals surface area contributed by atoms with Gasteiger partial charge < -0.3 is 24.4 Å². The Bertz CT molecular complexity index is 777. The number of hydrogen-bond donors (Lipinski definition) is 1. The quantitative estimate of drug-likeness (QED) is 0.578. The molecule has 0 unspecified atom stereocenters. The van der Waals surface area contributed by atoms with E-state index < -0.39 is 12.0 Å². The second kappa shape index (κ2) is 7.57. The predicted octanol–water partition coefficient (Wildman–Crippen LogP) is 3.49. The largest absolute Gasteiger partial charge is 0.462 e. The summed E-state index contributed by atoms with van der Waals surface area (Å²) in [6.45, 7) is 4.26. The minimum Gasteiger partial charge on any atom is -0.462 e. The van der Waals surface area contributed by atoms with Gasteiger partial charge in [0.1, 0.15) is 0 Å². The number of carbonyl (C=O) groups excluding carboxylic acids is 2. The summed E-state index contributed by atoms with van der Waals surface area (Å²) in [5.41, 5.74) is 1.67. The van der Waals surface area contributed by atoms with Crippen molar-refractivity contribution in [2.45, 2.75) is 32.7 Å². The average Bonchev–Trinajstić information content (AvgIpc) is 3.06. The van der Waals surface area contributed by atoms with Crippen molar-refractivity contribution < 1.29 is 23.8 Å². The van der Waals surface area contributed by atoms with Gasteiger partial charge in [-0.15, -0.1) is 0 Å². The van der Waals surface area contributed by atoms with Crippen LogP contribution in [0.4, 0.5) is 4.79 Å². The number of nitrogens with zero attached hydrogens (tertiary/aromatic N) is 1. The number of amides is 2. The maximum absolute atomic E-state index is 12.7. The van der Waals surface area contributed by atoms with E-state index in [1.165, 1.54) is 4.90 Å². The van der Waals surface area contributed by atoms with Gasteiger partial charge in [0, 0.05) is 17.2 Å². The third-order valence-electron chi connectivity index (χ3n) is 4.51. The van der Waals surface area contributed by atoms with Gasteiger partial charge in [0.05, 0.1) is 18.2 Å². The van der Waals surface area contributed by atoms with Gasteiger partial charge in [0.15, 0.2) is 11.5 Å². The molecule has 0 radical (unpaired) electrons. The van der Waals surface area contributed by atoms with Gasteiger partial charge in [-0.05, 0) is 31.0 Å². The monoisotopic (exact) mass is 424 g/mol. The minimum absolute atomic E-state index is 0.145. The van der Waals surface area contributed by atoms with Gasteiger partial charge in [0.25, 0.3) is 0 Å². The molecule has 7 nitrogen and oxygen atoms in total. The molecule has 8 heteroatoms. The molecule has 0 aromatic heterocycles. The van der Waals surface area contributed by atoms with Gasteiger partial charge in [-0.25, -0.2) is 9.59 Å². The molecule has 1 aromatic rings. The lowest BCUT2D eigenvalue weighted by Gasteiger charge is -2.33. The Kier molecular flexibility index (Phi) is 5.41. The number of allylic oxidation sites excluding steroid dienone is 1. The molecule has 0 saturated carbocycles. The van der Waals surface area contributed by atoms with E-state index in [1.807, 2.05) is 6.92 Å². The Hall–Kier alpha value is -2.22. The normalized spacial score (nSPS) is 18.8. The van der Waals surface area contributed by atoms with Crippen LogP contribution in [-0.2, 0) is 9.53 Å². The van der Waals surface area contributed by atoms with Crippen LogP contribution < -0.4 is 14.8 Å².